The highest BCUT2D eigenvalue weighted by Crippen LogP contribution is 2.15. The molecule has 0 unspecified atom stereocenters. The zero-order valence-corrected chi connectivity index (χ0v) is 7.66. The van der Waals surface area contributed by atoms with E-state index in [1.165, 1.54) is 4.31 Å². The molecule has 1 aromatic heterocycles. The molecule has 0 aromatic carbocycles. The molecule has 0 saturated carbocycles. The topological polar surface area (TPSA) is 62.1 Å². The second-order valence-electron chi connectivity index (χ2n) is 2.74. The molecule has 0 atom stereocenters. The molecule has 1 fully saturated rings. The van der Waals surface area contributed by atoms with E-state index in [9.17, 15) is 8.42 Å². The molecule has 6 heteroatoms. The van der Waals surface area contributed by atoms with Crippen molar-refractivity contribution in [3.8, 4) is 0 Å². The molecule has 0 spiro atoms. The molecule has 13 heavy (non-hydrogen) atoms. The summed E-state index contributed by atoms with van der Waals surface area (Å²) in [6.07, 6.45) is 3.08. The van der Waals surface area contributed by atoms with Gasteiger partial charge in [-0.2, -0.15) is 12.7 Å². The average molecular weight is 199 g/mol. The molecule has 1 aromatic rings. The number of hydrogen-bond donors (Lipinski definition) is 1. The van der Waals surface area contributed by atoms with E-state index in [4.69, 9.17) is 0 Å². The highest BCUT2D eigenvalue weighted by atomic mass is 32.2. The van der Waals surface area contributed by atoms with Gasteiger partial charge in [-0.25, -0.2) is 0 Å². The molecule has 70 valence electrons. The number of anilines is 1. The molecule has 5 nitrogen and oxygen atoms in total. The van der Waals surface area contributed by atoms with Crippen LogP contribution in [0.4, 0.5) is 5.69 Å². The van der Waals surface area contributed by atoms with Gasteiger partial charge in [0.15, 0.2) is 0 Å². The summed E-state index contributed by atoms with van der Waals surface area (Å²) < 4.78 is 26.5. The lowest BCUT2D eigenvalue weighted by Crippen LogP contribution is -2.20. The van der Waals surface area contributed by atoms with Crippen LogP contribution in [0.5, 0.6) is 0 Å². The monoisotopic (exact) mass is 199 g/mol. The van der Waals surface area contributed by atoms with Crippen LogP contribution >= 0.6 is 0 Å². The molecule has 2 rings (SSSR count). The maximum atomic E-state index is 11.4. The standard InChI is InChI=1S/C7H9N3O2S/c11-13(12,10-5-6-10)9-7-1-3-8-4-2-7/h1-4H,5-6H2,(H,8,9). The minimum absolute atomic E-state index is 0.543. The first-order chi connectivity index (χ1) is 6.18. The van der Waals surface area contributed by atoms with E-state index in [2.05, 4.69) is 9.71 Å². The van der Waals surface area contributed by atoms with Gasteiger partial charge in [0.2, 0.25) is 0 Å². The second kappa shape index (κ2) is 2.97. The largest absolute Gasteiger partial charge is 0.301 e. The Balaban J connectivity index is 2.14. The zero-order chi connectivity index (χ0) is 9.31. The fourth-order valence-electron chi connectivity index (χ4n) is 0.915. The Morgan fingerprint density at radius 1 is 1.31 bits per heavy atom. The lowest BCUT2D eigenvalue weighted by molar-refractivity contribution is 0.569. The van der Waals surface area contributed by atoms with Crippen molar-refractivity contribution < 1.29 is 8.42 Å². The summed E-state index contributed by atoms with van der Waals surface area (Å²) in [5, 5.41) is 0. The van der Waals surface area contributed by atoms with Crippen molar-refractivity contribution in [2.24, 2.45) is 0 Å². The van der Waals surface area contributed by atoms with Gasteiger partial charge in [0.05, 0.1) is 5.69 Å². The molecule has 2 heterocycles. The highest BCUT2D eigenvalue weighted by molar-refractivity contribution is 7.90. The lowest BCUT2D eigenvalue weighted by Gasteiger charge is -2.06. The van der Waals surface area contributed by atoms with Crippen LogP contribution < -0.4 is 4.72 Å². The minimum Gasteiger partial charge on any atom is -0.271 e. The molecule has 0 bridgehead atoms. The van der Waals surface area contributed by atoms with Crippen LogP contribution in [-0.4, -0.2) is 30.8 Å². The number of nitrogens with one attached hydrogen (secondary N) is 1. The van der Waals surface area contributed by atoms with Gasteiger partial charge in [-0.05, 0) is 12.1 Å². The summed E-state index contributed by atoms with van der Waals surface area (Å²) in [4.78, 5) is 3.79. The van der Waals surface area contributed by atoms with Gasteiger partial charge in [-0.1, -0.05) is 0 Å². The molecular formula is C7H9N3O2S. The summed E-state index contributed by atoms with van der Waals surface area (Å²) in [6, 6.07) is 3.22. The zero-order valence-electron chi connectivity index (χ0n) is 6.84. The van der Waals surface area contributed by atoms with Gasteiger partial charge < -0.3 is 0 Å². The minimum atomic E-state index is -3.28. The molecule has 1 aliphatic heterocycles. The number of hydrogen-bond acceptors (Lipinski definition) is 3. The Kier molecular flexibility index (Phi) is 1.93. The summed E-state index contributed by atoms with van der Waals surface area (Å²) in [7, 11) is -3.28. The Morgan fingerprint density at radius 2 is 1.92 bits per heavy atom. The van der Waals surface area contributed by atoms with Gasteiger partial charge in [0.1, 0.15) is 0 Å². The van der Waals surface area contributed by atoms with Crippen LogP contribution in [0.2, 0.25) is 0 Å². The van der Waals surface area contributed by atoms with Crippen molar-refractivity contribution in [2.75, 3.05) is 17.8 Å². The molecule has 1 saturated heterocycles. The van der Waals surface area contributed by atoms with E-state index in [0.29, 0.717) is 18.8 Å². The van der Waals surface area contributed by atoms with Crippen molar-refractivity contribution in [3.05, 3.63) is 24.5 Å². The average Bonchev–Trinajstić information content (AvgIpc) is 2.87. The number of pyridine rings is 1. The van der Waals surface area contributed by atoms with Gasteiger partial charge in [-0.3, -0.25) is 9.71 Å². The molecule has 1 N–H and O–H groups in total. The second-order valence-corrected chi connectivity index (χ2v) is 4.41. The van der Waals surface area contributed by atoms with Crippen molar-refractivity contribution in [1.29, 1.82) is 0 Å². The maximum absolute atomic E-state index is 11.4. The molecule has 0 radical (unpaired) electrons. The fourth-order valence-corrected chi connectivity index (χ4v) is 2.04. The smallest absolute Gasteiger partial charge is 0.271 e. The maximum Gasteiger partial charge on any atom is 0.301 e. The third-order valence-electron chi connectivity index (χ3n) is 1.67. The van der Waals surface area contributed by atoms with E-state index in [0.717, 1.165) is 0 Å². The number of rotatable bonds is 3. The van der Waals surface area contributed by atoms with Crippen LogP contribution in [0.1, 0.15) is 0 Å². The molecule has 1 aliphatic rings. The Bertz CT molecular complexity index is 385. The van der Waals surface area contributed by atoms with Crippen molar-refractivity contribution in [3.63, 3.8) is 0 Å². The number of aromatic nitrogens is 1. The van der Waals surface area contributed by atoms with Gasteiger partial charge >= 0.3 is 10.2 Å². The highest BCUT2D eigenvalue weighted by Gasteiger charge is 2.31. The summed E-state index contributed by atoms with van der Waals surface area (Å²) in [5.74, 6) is 0. The first-order valence-corrected chi connectivity index (χ1v) is 5.30. The Morgan fingerprint density at radius 3 is 2.46 bits per heavy atom. The lowest BCUT2D eigenvalue weighted by atomic mass is 10.4. The van der Waals surface area contributed by atoms with E-state index >= 15 is 0 Å². The van der Waals surface area contributed by atoms with E-state index in [1.54, 1.807) is 24.5 Å². The van der Waals surface area contributed by atoms with Crippen LogP contribution in [0.25, 0.3) is 0 Å². The van der Waals surface area contributed by atoms with Crippen LogP contribution in [-0.2, 0) is 10.2 Å². The van der Waals surface area contributed by atoms with Crippen molar-refractivity contribution >= 4 is 15.9 Å². The molecular weight excluding hydrogens is 190 g/mol. The van der Waals surface area contributed by atoms with Crippen LogP contribution in [0.15, 0.2) is 24.5 Å². The van der Waals surface area contributed by atoms with Gasteiger partial charge in [0.25, 0.3) is 0 Å². The van der Waals surface area contributed by atoms with Crippen LogP contribution in [0, 0.1) is 0 Å². The fraction of sp³-hybridized carbons (Fsp3) is 0.286. The van der Waals surface area contributed by atoms with Crippen molar-refractivity contribution in [2.45, 2.75) is 0 Å². The third kappa shape index (κ3) is 1.96. The van der Waals surface area contributed by atoms with E-state index < -0.39 is 10.2 Å². The normalized spacial score (nSPS) is 16.9. The third-order valence-corrected chi connectivity index (χ3v) is 3.21. The SMILES string of the molecule is O=S(=O)(Nc1ccncc1)N1CC1. The van der Waals surface area contributed by atoms with Gasteiger partial charge in [0, 0.05) is 25.5 Å². The Hall–Kier alpha value is -1.14. The van der Waals surface area contributed by atoms with Gasteiger partial charge in [-0.15, -0.1) is 0 Å². The first-order valence-electron chi connectivity index (χ1n) is 3.86. The predicted molar refractivity (Wildman–Crippen MR) is 48.4 cm³/mol. The summed E-state index contributed by atoms with van der Waals surface area (Å²) in [6.45, 7) is 1.22. The van der Waals surface area contributed by atoms with E-state index in [-0.39, 0.29) is 0 Å². The van der Waals surface area contributed by atoms with Crippen molar-refractivity contribution in [1.82, 2.24) is 9.29 Å². The predicted octanol–water partition coefficient (Wildman–Crippen LogP) is 0.0539. The number of nitrogens with zero attached hydrogens (tertiary/aromatic N) is 2. The quantitative estimate of drug-likeness (QED) is 0.700. The van der Waals surface area contributed by atoms with E-state index in [1.807, 2.05) is 0 Å². The molecule has 0 aliphatic carbocycles. The summed E-state index contributed by atoms with van der Waals surface area (Å²) in [5.41, 5.74) is 0.543. The Labute approximate surface area is 76.6 Å². The van der Waals surface area contributed by atoms with Crippen LogP contribution in [0.3, 0.4) is 0 Å². The first kappa shape index (κ1) is 8.46. The molecule has 0 amide bonds. The summed E-state index contributed by atoms with van der Waals surface area (Å²) >= 11 is 0.